The molecule has 0 amide bonds. The van der Waals surface area contributed by atoms with E-state index in [0.717, 1.165) is 19.4 Å². The topological polar surface area (TPSA) is 64.6 Å². The van der Waals surface area contributed by atoms with Crippen LogP contribution in [0, 0.1) is 0 Å². The Labute approximate surface area is 100 Å². The first kappa shape index (κ1) is 12.1. The maximum absolute atomic E-state index is 11.1. The summed E-state index contributed by atoms with van der Waals surface area (Å²) in [5.41, 5.74) is -0.461. The van der Waals surface area contributed by atoms with Gasteiger partial charge in [-0.2, -0.15) is 0 Å². The van der Waals surface area contributed by atoms with Crippen molar-refractivity contribution in [2.45, 2.75) is 44.4 Å². The Morgan fingerprint density at radius 3 is 2.06 bits per heavy atom. The molecule has 0 aromatic rings. The summed E-state index contributed by atoms with van der Waals surface area (Å²) >= 11 is 0. The fourth-order valence-corrected chi connectivity index (χ4v) is 2.63. The number of esters is 2. The minimum Gasteiger partial charge on any atom is -0.456 e. The molecule has 2 unspecified atom stereocenters. The molecule has 17 heavy (non-hydrogen) atoms. The molecule has 5 heteroatoms. The molecule has 1 N–H and O–H groups in total. The van der Waals surface area contributed by atoms with Gasteiger partial charge in [-0.3, -0.25) is 9.59 Å². The predicted molar refractivity (Wildman–Crippen MR) is 60.2 cm³/mol. The highest BCUT2D eigenvalue weighted by Crippen LogP contribution is 2.36. The molecule has 2 atom stereocenters. The van der Waals surface area contributed by atoms with E-state index in [0.29, 0.717) is 0 Å². The number of ether oxygens (including phenoxy) is 2. The van der Waals surface area contributed by atoms with Crippen LogP contribution >= 0.6 is 0 Å². The van der Waals surface area contributed by atoms with Crippen molar-refractivity contribution < 1.29 is 19.1 Å². The van der Waals surface area contributed by atoms with Gasteiger partial charge in [-0.25, -0.2) is 0 Å². The van der Waals surface area contributed by atoms with Gasteiger partial charge in [-0.15, -0.1) is 0 Å². The maximum Gasteiger partial charge on any atom is 0.303 e. The Kier molecular flexibility index (Phi) is 3.19. The molecule has 1 fully saturated rings. The summed E-state index contributed by atoms with van der Waals surface area (Å²) in [6, 6.07) is 0. The summed E-state index contributed by atoms with van der Waals surface area (Å²) in [7, 11) is 0. The van der Waals surface area contributed by atoms with E-state index in [1.54, 1.807) is 12.2 Å². The minimum atomic E-state index is -0.461. The zero-order valence-electron chi connectivity index (χ0n) is 10.1. The molecule has 1 aliphatic carbocycles. The van der Waals surface area contributed by atoms with E-state index in [1.807, 2.05) is 0 Å². The van der Waals surface area contributed by atoms with Crippen LogP contribution in [0.5, 0.6) is 0 Å². The monoisotopic (exact) mass is 239 g/mol. The second-order valence-corrected chi connectivity index (χ2v) is 4.52. The number of carbonyl (C=O) groups excluding carboxylic acids is 2. The molecule has 5 nitrogen and oxygen atoms in total. The summed E-state index contributed by atoms with van der Waals surface area (Å²) in [4.78, 5) is 22.2. The molecular formula is C12H17NO4. The standard InChI is InChI=1S/C12H17NO4/c1-8(14)16-10-4-5-11(17-9(2)15)12(10)6-3-7-13-12/h4-5,10-11,13H,3,6-7H2,1-2H3. The highest BCUT2D eigenvalue weighted by Gasteiger charge is 2.52. The molecule has 1 saturated heterocycles. The van der Waals surface area contributed by atoms with E-state index in [4.69, 9.17) is 9.47 Å². The smallest absolute Gasteiger partial charge is 0.303 e. The van der Waals surface area contributed by atoms with Crippen molar-refractivity contribution in [3.05, 3.63) is 12.2 Å². The third kappa shape index (κ3) is 2.20. The third-order valence-electron chi connectivity index (χ3n) is 3.28. The van der Waals surface area contributed by atoms with E-state index in [9.17, 15) is 9.59 Å². The molecule has 2 rings (SSSR count). The number of rotatable bonds is 2. The van der Waals surface area contributed by atoms with Gasteiger partial charge in [0.2, 0.25) is 0 Å². The van der Waals surface area contributed by atoms with E-state index in [2.05, 4.69) is 5.32 Å². The van der Waals surface area contributed by atoms with Crippen molar-refractivity contribution in [1.29, 1.82) is 0 Å². The van der Waals surface area contributed by atoms with Crippen LogP contribution in [0.15, 0.2) is 12.2 Å². The van der Waals surface area contributed by atoms with Gasteiger partial charge in [-0.05, 0) is 31.5 Å². The lowest BCUT2D eigenvalue weighted by Gasteiger charge is -2.35. The first-order valence-corrected chi connectivity index (χ1v) is 5.82. The Morgan fingerprint density at radius 1 is 1.18 bits per heavy atom. The predicted octanol–water partition coefficient (Wildman–Crippen LogP) is 0.542. The summed E-state index contributed by atoms with van der Waals surface area (Å²) < 4.78 is 10.6. The zero-order valence-corrected chi connectivity index (χ0v) is 10.1. The second kappa shape index (κ2) is 4.49. The van der Waals surface area contributed by atoms with Gasteiger partial charge >= 0.3 is 11.9 Å². The van der Waals surface area contributed by atoms with Gasteiger partial charge in [0.1, 0.15) is 17.7 Å². The molecule has 0 bridgehead atoms. The van der Waals surface area contributed by atoms with E-state index >= 15 is 0 Å². The van der Waals surface area contributed by atoms with Crippen molar-refractivity contribution in [2.75, 3.05) is 6.54 Å². The summed E-state index contributed by atoms with van der Waals surface area (Å²) in [6.45, 7) is 3.61. The molecule has 2 aliphatic rings. The van der Waals surface area contributed by atoms with E-state index in [1.165, 1.54) is 13.8 Å². The van der Waals surface area contributed by atoms with Gasteiger partial charge in [0, 0.05) is 13.8 Å². The van der Waals surface area contributed by atoms with Gasteiger partial charge in [-0.1, -0.05) is 0 Å². The molecule has 0 aromatic heterocycles. The largest absolute Gasteiger partial charge is 0.456 e. The molecule has 94 valence electrons. The maximum atomic E-state index is 11.1. The fraction of sp³-hybridized carbons (Fsp3) is 0.667. The molecule has 1 aliphatic heterocycles. The van der Waals surface area contributed by atoms with Crippen molar-refractivity contribution in [2.24, 2.45) is 0 Å². The van der Waals surface area contributed by atoms with Crippen LogP contribution in [0.4, 0.5) is 0 Å². The van der Waals surface area contributed by atoms with E-state index in [-0.39, 0.29) is 24.1 Å². The van der Waals surface area contributed by atoms with Crippen molar-refractivity contribution in [1.82, 2.24) is 5.32 Å². The molecule has 0 aromatic carbocycles. The van der Waals surface area contributed by atoms with Gasteiger partial charge < -0.3 is 14.8 Å². The van der Waals surface area contributed by atoms with Crippen LogP contribution in [0.25, 0.3) is 0 Å². The minimum absolute atomic E-state index is 0.323. The average molecular weight is 239 g/mol. The van der Waals surface area contributed by atoms with Crippen LogP contribution in [0.2, 0.25) is 0 Å². The summed E-state index contributed by atoms with van der Waals surface area (Å²) in [5, 5.41) is 3.33. The number of nitrogens with one attached hydrogen (secondary N) is 1. The Hall–Kier alpha value is -1.36. The number of hydrogen-bond donors (Lipinski definition) is 1. The van der Waals surface area contributed by atoms with Gasteiger partial charge in [0.25, 0.3) is 0 Å². The van der Waals surface area contributed by atoms with Crippen molar-refractivity contribution >= 4 is 11.9 Å². The lowest BCUT2D eigenvalue weighted by atomic mass is 9.89. The normalized spacial score (nSPS) is 35.2. The van der Waals surface area contributed by atoms with Crippen molar-refractivity contribution in [3.8, 4) is 0 Å². The van der Waals surface area contributed by atoms with Crippen LogP contribution in [0.3, 0.4) is 0 Å². The van der Waals surface area contributed by atoms with Crippen LogP contribution in [-0.4, -0.2) is 36.2 Å². The highest BCUT2D eigenvalue weighted by atomic mass is 16.6. The van der Waals surface area contributed by atoms with Crippen molar-refractivity contribution in [3.63, 3.8) is 0 Å². The van der Waals surface area contributed by atoms with Crippen LogP contribution < -0.4 is 5.32 Å². The Morgan fingerprint density at radius 2 is 1.71 bits per heavy atom. The second-order valence-electron chi connectivity index (χ2n) is 4.52. The Balaban J connectivity index is 2.17. The molecular weight excluding hydrogens is 222 g/mol. The van der Waals surface area contributed by atoms with Gasteiger partial charge in [0.05, 0.1) is 0 Å². The lowest BCUT2D eigenvalue weighted by molar-refractivity contribution is -0.154. The summed E-state index contributed by atoms with van der Waals surface area (Å²) in [6.07, 6.45) is 4.70. The highest BCUT2D eigenvalue weighted by molar-refractivity contribution is 5.68. The SMILES string of the molecule is CC(=O)OC1C=CC(OC(C)=O)C12CCCN2. The lowest BCUT2D eigenvalue weighted by Crippen LogP contribution is -2.57. The summed E-state index contributed by atoms with van der Waals surface area (Å²) in [5.74, 6) is -0.646. The molecule has 1 heterocycles. The molecule has 0 radical (unpaired) electrons. The first-order chi connectivity index (χ1) is 8.04. The van der Waals surface area contributed by atoms with Crippen LogP contribution in [-0.2, 0) is 19.1 Å². The Bertz CT molecular complexity index is 330. The average Bonchev–Trinajstić information content (AvgIpc) is 2.80. The molecule has 0 saturated carbocycles. The fourth-order valence-electron chi connectivity index (χ4n) is 2.63. The zero-order chi connectivity index (χ0) is 12.5. The quantitative estimate of drug-likeness (QED) is 0.563. The molecule has 1 spiro atoms. The number of hydrogen-bond acceptors (Lipinski definition) is 5. The van der Waals surface area contributed by atoms with Gasteiger partial charge in [0.15, 0.2) is 0 Å². The number of carbonyl (C=O) groups is 2. The van der Waals surface area contributed by atoms with E-state index < -0.39 is 5.54 Å². The van der Waals surface area contributed by atoms with Crippen LogP contribution in [0.1, 0.15) is 26.7 Å². The first-order valence-electron chi connectivity index (χ1n) is 5.82. The third-order valence-corrected chi connectivity index (χ3v) is 3.28.